The Morgan fingerprint density at radius 2 is 1.95 bits per heavy atom. The molecule has 2 N–H and O–H groups in total. The molecule has 1 atom stereocenters. The van der Waals surface area contributed by atoms with E-state index >= 15 is 0 Å². The number of sulfonamides is 1. The Morgan fingerprint density at radius 3 is 2.57 bits per heavy atom. The molecule has 0 saturated heterocycles. The third-order valence-corrected chi connectivity index (χ3v) is 4.30. The van der Waals surface area contributed by atoms with E-state index in [2.05, 4.69) is 10.0 Å². The van der Waals surface area contributed by atoms with Crippen molar-refractivity contribution in [3.63, 3.8) is 0 Å². The van der Waals surface area contributed by atoms with E-state index in [4.69, 9.17) is 4.74 Å². The number of hydrogen-bond donors (Lipinski definition) is 2. The number of amides is 1. The first-order valence-electron chi connectivity index (χ1n) is 6.90. The molecule has 1 aromatic carbocycles. The van der Waals surface area contributed by atoms with Crippen molar-refractivity contribution in [2.45, 2.75) is 31.2 Å². The number of nitrogens with one attached hydrogen (secondary N) is 2. The van der Waals surface area contributed by atoms with Gasteiger partial charge in [0.05, 0.1) is 10.9 Å². The van der Waals surface area contributed by atoms with E-state index < -0.39 is 16.1 Å². The van der Waals surface area contributed by atoms with Gasteiger partial charge in [0.25, 0.3) is 0 Å². The maximum absolute atomic E-state index is 12.1. The van der Waals surface area contributed by atoms with E-state index in [1.165, 1.54) is 19.1 Å². The van der Waals surface area contributed by atoms with Crippen LogP contribution in [0.1, 0.15) is 20.3 Å². The normalized spacial score (nSPS) is 12.9. The zero-order valence-electron chi connectivity index (χ0n) is 12.3. The lowest BCUT2D eigenvalue weighted by Gasteiger charge is -2.14. The summed E-state index contributed by atoms with van der Waals surface area (Å²) < 4.78 is 31.6. The molecule has 0 heterocycles. The van der Waals surface area contributed by atoms with Crippen molar-refractivity contribution < 1.29 is 17.9 Å². The molecule has 1 amide bonds. The fraction of sp³-hybridized carbons (Fsp3) is 0.500. The minimum Gasteiger partial charge on any atom is -0.382 e. The summed E-state index contributed by atoms with van der Waals surface area (Å²) in [5.41, 5.74) is 0. The maximum Gasteiger partial charge on any atom is 0.241 e. The van der Waals surface area contributed by atoms with E-state index in [0.29, 0.717) is 26.2 Å². The lowest BCUT2D eigenvalue weighted by Crippen LogP contribution is -2.45. The average molecular weight is 314 g/mol. The van der Waals surface area contributed by atoms with Gasteiger partial charge in [0.1, 0.15) is 0 Å². The van der Waals surface area contributed by atoms with Gasteiger partial charge in [-0.1, -0.05) is 18.2 Å². The van der Waals surface area contributed by atoms with Crippen LogP contribution >= 0.6 is 0 Å². The molecule has 0 bridgehead atoms. The highest BCUT2D eigenvalue weighted by atomic mass is 32.2. The summed E-state index contributed by atoms with van der Waals surface area (Å²) in [7, 11) is -3.68. The number of carbonyl (C=O) groups excluding carboxylic acids is 1. The molecule has 0 aliphatic carbocycles. The smallest absolute Gasteiger partial charge is 0.241 e. The van der Waals surface area contributed by atoms with Crippen LogP contribution < -0.4 is 10.0 Å². The number of benzene rings is 1. The second kappa shape index (κ2) is 8.76. The largest absolute Gasteiger partial charge is 0.382 e. The van der Waals surface area contributed by atoms with Gasteiger partial charge in [-0.3, -0.25) is 4.79 Å². The third kappa shape index (κ3) is 6.24. The Bertz CT molecular complexity index is 531. The van der Waals surface area contributed by atoms with Gasteiger partial charge >= 0.3 is 0 Å². The summed E-state index contributed by atoms with van der Waals surface area (Å²) in [6, 6.07) is 7.12. The maximum atomic E-state index is 12.1. The zero-order valence-corrected chi connectivity index (χ0v) is 13.2. The molecule has 6 nitrogen and oxygen atoms in total. The summed E-state index contributed by atoms with van der Waals surface area (Å²) in [6.45, 7) is 5.08. The Kier molecular flexibility index (Phi) is 7.35. The molecular weight excluding hydrogens is 292 g/mol. The van der Waals surface area contributed by atoms with Crippen LogP contribution in [-0.2, 0) is 19.6 Å². The summed E-state index contributed by atoms with van der Waals surface area (Å²) in [6.07, 6.45) is 0.692. The van der Waals surface area contributed by atoms with Gasteiger partial charge in [0.15, 0.2) is 0 Å². The van der Waals surface area contributed by atoms with Crippen molar-refractivity contribution in [1.29, 1.82) is 0 Å². The van der Waals surface area contributed by atoms with Crippen LogP contribution in [-0.4, -0.2) is 40.1 Å². The summed E-state index contributed by atoms with van der Waals surface area (Å²) in [4.78, 5) is 11.9. The van der Waals surface area contributed by atoms with Crippen LogP contribution in [0, 0.1) is 0 Å². The zero-order chi connectivity index (χ0) is 15.7. The molecule has 7 heteroatoms. The number of carbonyl (C=O) groups is 1. The van der Waals surface area contributed by atoms with Crippen LogP contribution in [0.4, 0.5) is 0 Å². The highest BCUT2D eigenvalue weighted by molar-refractivity contribution is 7.89. The molecule has 1 rings (SSSR count). The SMILES string of the molecule is CCOCCCNC(=O)[C@@H](C)NS(=O)(=O)c1ccccc1. The quantitative estimate of drug-likeness (QED) is 0.663. The Labute approximate surface area is 125 Å². The van der Waals surface area contributed by atoms with Crippen molar-refractivity contribution in [2.24, 2.45) is 0 Å². The van der Waals surface area contributed by atoms with Crippen LogP contribution in [0.5, 0.6) is 0 Å². The van der Waals surface area contributed by atoms with Gasteiger partial charge in [0, 0.05) is 19.8 Å². The Hall–Kier alpha value is -1.44. The van der Waals surface area contributed by atoms with Crippen LogP contribution in [0.25, 0.3) is 0 Å². The van der Waals surface area contributed by atoms with E-state index in [1.807, 2.05) is 6.92 Å². The number of rotatable bonds is 9. The summed E-state index contributed by atoms with van der Waals surface area (Å²) >= 11 is 0. The first-order valence-corrected chi connectivity index (χ1v) is 8.38. The molecule has 0 aromatic heterocycles. The number of hydrogen-bond acceptors (Lipinski definition) is 4. The topological polar surface area (TPSA) is 84.5 Å². The average Bonchev–Trinajstić information content (AvgIpc) is 2.47. The molecule has 1 aromatic rings. The molecule has 0 aliphatic heterocycles. The molecule has 0 aliphatic rings. The molecule has 21 heavy (non-hydrogen) atoms. The molecule has 0 spiro atoms. The second-order valence-corrected chi connectivity index (χ2v) is 6.21. The van der Waals surface area contributed by atoms with Crippen LogP contribution in [0.2, 0.25) is 0 Å². The first kappa shape index (κ1) is 17.6. The summed E-state index contributed by atoms with van der Waals surface area (Å²) in [5, 5.41) is 2.67. The standard InChI is InChI=1S/C14H22N2O4S/c1-3-20-11-7-10-15-14(17)12(2)16-21(18,19)13-8-5-4-6-9-13/h4-6,8-9,12,16H,3,7,10-11H2,1-2H3,(H,15,17)/t12-/m1/s1. The van der Waals surface area contributed by atoms with Crippen LogP contribution in [0.15, 0.2) is 35.2 Å². The van der Waals surface area contributed by atoms with Crippen LogP contribution in [0.3, 0.4) is 0 Å². The van der Waals surface area contributed by atoms with E-state index in [-0.39, 0.29) is 10.8 Å². The highest BCUT2D eigenvalue weighted by Crippen LogP contribution is 2.07. The predicted molar refractivity (Wildman–Crippen MR) is 80.3 cm³/mol. The van der Waals surface area contributed by atoms with Crippen molar-refractivity contribution in [1.82, 2.24) is 10.0 Å². The fourth-order valence-corrected chi connectivity index (χ4v) is 2.86. The van der Waals surface area contributed by atoms with Gasteiger partial charge in [0.2, 0.25) is 15.9 Å². The van der Waals surface area contributed by atoms with Crippen molar-refractivity contribution in [2.75, 3.05) is 19.8 Å². The predicted octanol–water partition coefficient (Wildman–Crippen LogP) is 0.896. The van der Waals surface area contributed by atoms with Crippen molar-refractivity contribution in [3.8, 4) is 0 Å². The van der Waals surface area contributed by atoms with Crippen molar-refractivity contribution >= 4 is 15.9 Å². The lowest BCUT2D eigenvalue weighted by molar-refractivity contribution is -0.122. The first-order chi connectivity index (χ1) is 9.97. The van der Waals surface area contributed by atoms with Gasteiger partial charge < -0.3 is 10.1 Å². The van der Waals surface area contributed by atoms with E-state index in [0.717, 1.165) is 0 Å². The fourth-order valence-electron chi connectivity index (χ4n) is 1.64. The van der Waals surface area contributed by atoms with Gasteiger partial charge in [-0.05, 0) is 32.4 Å². The number of ether oxygens (including phenoxy) is 1. The van der Waals surface area contributed by atoms with Gasteiger partial charge in [-0.2, -0.15) is 4.72 Å². The second-order valence-electron chi connectivity index (χ2n) is 4.50. The van der Waals surface area contributed by atoms with E-state index in [9.17, 15) is 13.2 Å². The van der Waals surface area contributed by atoms with Gasteiger partial charge in [-0.15, -0.1) is 0 Å². The monoisotopic (exact) mass is 314 g/mol. The Balaban J connectivity index is 2.45. The minimum atomic E-state index is -3.68. The molecule has 0 saturated carbocycles. The highest BCUT2D eigenvalue weighted by Gasteiger charge is 2.21. The molecule has 0 radical (unpaired) electrons. The lowest BCUT2D eigenvalue weighted by atomic mass is 10.3. The molecule has 0 unspecified atom stereocenters. The Morgan fingerprint density at radius 1 is 1.29 bits per heavy atom. The molecular formula is C14H22N2O4S. The summed E-state index contributed by atoms with van der Waals surface area (Å²) in [5.74, 6) is -0.356. The van der Waals surface area contributed by atoms with Gasteiger partial charge in [-0.25, -0.2) is 8.42 Å². The third-order valence-electron chi connectivity index (χ3n) is 2.75. The molecule has 0 fully saturated rings. The van der Waals surface area contributed by atoms with E-state index in [1.54, 1.807) is 18.2 Å². The molecule has 118 valence electrons. The minimum absolute atomic E-state index is 0.140. The van der Waals surface area contributed by atoms with Crippen molar-refractivity contribution in [3.05, 3.63) is 30.3 Å².